The summed E-state index contributed by atoms with van der Waals surface area (Å²) in [5.74, 6) is -1.95. The van der Waals surface area contributed by atoms with Crippen molar-refractivity contribution in [1.29, 1.82) is 0 Å². The van der Waals surface area contributed by atoms with Crippen molar-refractivity contribution in [3.63, 3.8) is 0 Å². The molecule has 3 aliphatic heterocycles. The molecule has 35 nitrogen and oxygen atoms in total. The van der Waals surface area contributed by atoms with Gasteiger partial charge in [-0.05, 0) is 123 Å². The number of nitrogens with zero attached hydrogens (tertiary/aromatic N) is 7. The molecule has 120 heavy (non-hydrogen) atoms. The first-order chi connectivity index (χ1) is 58.3. The molecule has 6 heterocycles. The van der Waals surface area contributed by atoms with Gasteiger partial charge in [-0.15, -0.1) is 0 Å². The van der Waals surface area contributed by atoms with Crippen LogP contribution in [0.1, 0.15) is 99.5 Å². The molecule has 2 fully saturated rings. The van der Waals surface area contributed by atoms with Gasteiger partial charge in [0.05, 0.1) is 156 Å². The Morgan fingerprint density at radius 1 is 0.467 bits per heavy atom. The number of benzene rings is 3. The van der Waals surface area contributed by atoms with E-state index in [0.29, 0.717) is 160 Å². The van der Waals surface area contributed by atoms with Crippen LogP contribution in [0.4, 0.5) is 28.6 Å². The molecule has 3 aliphatic rings. The zero-order valence-electron chi connectivity index (χ0n) is 69.8. The summed E-state index contributed by atoms with van der Waals surface area (Å²) in [6.07, 6.45) is 7.77. The predicted octanol–water partition coefficient (Wildman–Crippen LogP) is 5.13. The van der Waals surface area contributed by atoms with E-state index in [1.165, 1.54) is 40.8 Å². The first kappa shape index (κ1) is 94.6. The van der Waals surface area contributed by atoms with Crippen molar-refractivity contribution in [2.24, 2.45) is 27.1 Å². The van der Waals surface area contributed by atoms with Gasteiger partial charge in [0.25, 0.3) is 23.6 Å². The first-order valence-corrected chi connectivity index (χ1v) is 41.7. The Balaban J connectivity index is 0.496. The van der Waals surface area contributed by atoms with Crippen molar-refractivity contribution in [2.45, 2.75) is 58.0 Å². The number of fused-ring (bicyclic) bond motifs is 1. The van der Waals surface area contributed by atoms with Gasteiger partial charge in [0, 0.05) is 153 Å². The highest BCUT2D eigenvalue weighted by Gasteiger charge is 2.33. The van der Waals surface area contributed by atoms with Gasteiger partial charge in [0.2, 0.25) is 29.5 Å². The summed E-state index contributed by atoms with van der Waals surface area (Å²) in [5.41, 5.74) is 6.53. The monoisotopic (exact) mass is 1690 g/mol. The summed E-state index contributed by atoms with van der Waals surface area (Å²) in [7, 11) is 4.89. The van der Waals surface area contributed by atoms with Crippen LogP contribution < -0.4 is 52.8 Å². The standard InChI is InChI=1S/C84H121ClN16O19/c1-61-52-72(91-68-13-11-67(85)12-14-68)71-53-66(10-15-73(71)101(61)62(2)102)64-6-8-65(9-7-64)81(106)89-24-31-110-34-37-113-40-42-115-44-46-117-48-49-118-47-45-116-43-41-114-38-35-111-32-25-90-83(108)74-54-69(57-96(74)3)92-77(103)19-23-88-82(107)75-55-70(58-97(75)4)93-84(109)80-95-76(59-98(80)5)94-78(104)18-22-87-79(105)60-120-51-50-119-39-36-112-33-30-99-26-28-100(29-27-99)56-63-16-20-86-21-17-63/h6-15,53-55,57-59,61,63,72,86,91H,16-52,56,60H2,1-5H3,(H,87,105)(H,88,107)(H,89,106)(H,90,108)(H,92,103)(H,93,109)(H,94,104)/t61-,72+/m0/s1. The molecular weight excluding hydrogens is 1570 g/mol. The molecule has 0 spiro atoms. The summed E-state index contributed by atoms with van der Waals surface area (Å²) < 4.78 is 66.0. The smallest absolute Gasteiger partial charge is 0.291 e. The number of carbonyl (C=O) groups excluding carboxylic acids is 8. The Morgan fingerprint density at radius 2 is 0.942 bits per heavy atom. The minimum atomic E-state index is -0.604. The van der Waals surface area contributed by atoms with Crippen molar-refractivity contribution in [3.05, 3.63) is 131 Å². The molecule has 3 aromatic carbocycles. The minimum absolute atomic E-state index is 0.00386. The lowest BCUT2D eigenvalue weighted by molar-refractivity contribution is -0.126. The molecule has 0 unspecified atom stereocenters. The number of hydrogen-bond acceptors (Lipinski definition) is 24. The number of piperazine rings is 1. The fourth-order valence-electron chi connectivity index (χ4n) is 13.8. The predicted molar refractivity (Wildman–Crippen MR) is 453 cm³/mol. The van der Waals surface area contributed by atoms with E-state index in [-0.39, 0.29) is 105 Å². The molecule has 9 N–H and O–H groups in total. The number of aromatic nitrogens is 4. The number of piperidine rings is 1. The van der Waals surface area contributed by atoms with Gasteiger partial charge >= 0.3 is 0 Å². The van der Waals surface area contributed by atoms with Crippen LogP contribution in [0, 0.1) is 5.92 Å². The summed E-state index contributed by atoms with van der Waals surface area (Å²) in [5, 5.41) is 26.9. The van der Waals surface area contributed by atoms with E-state index >= 15 is 0 Å². The van der Waals surface area contributed by atoms with Gasteiger partial charge in [0.15, 0.2) is 5.82 Å². The van der Waals surface area contributed by atoms with Gasteiger partial charge in [-0.1, -0.05) is 29.8 Å². The Hall–Kier alpha value is -9.28. The van der Waals surface area contributed by atoms with Crippen molar-refractivity contribution >= 4 is 87.4 Å². The zero-order valence-corrected chi connectivity index (χ0v) is 70.6. The third-order valence-corrected chi connectivity index (χ3v) is 20.2. The largest absolute Gasteiger partial charge is 0.378 e. The van der Waals surface area contributed by atoms with Gasteiger partial charge < -0.3 is 123 Å². The molecule has 36 heteroatoms. The fraction of sp³-hybridized carbons (Fsp3) is 0.560. The lowest BCUT2D eigenvalue weighted by Crippen LogP contribution is -2.49. The molecule has 2 saturated heterocycles. The maximum absolute atomic E-state index is 13.3. The quantitative estimate of drug-likeness (QED) is 0.0223. The minimum Gasteiger partial charge on any atom is -0.378 e. The SMILES string of the molecule is CC(=O)N1c2ccc(-c3ccc(C(=O)NCCOCCOCCOCCOCCOCCOCCOCCOCCNC(=O)c4cc(NC(=O)CCNC(=O)c5cc(NC(=O)c6nc(NC(=O)CCNC(=O)COCCOCCOCCN7CCN(CC8CCNCC8)CC7)cn6C)cn5C)cn4C)cc3)cc2[C@H](Nc2ccc(Cl)cc2)C[C@@H]1C. The van der Waals surface area contributed by atoms with E-state index in [4.69, 9.17) is 63.7 Å². The van der Waals surface area contributed by atoms with Crippen molar-refractivity contribution < 1.29 is 90.5 Å². The Labute approximate surface area is 706 Å². The number of rotatable bonds is 56. The van der Waals surface area contributed by atoms with Gasteiger partial charge in [0.1, 0.15) is 18.0 Å². The van der Waals surface area contributed by atoms with Gasteiger partial charge in [-0.25, -0.2) is 4.98 Å². The highest BCUT2D eigenvalue weighted by atomic mass is 35.5. The third-order valence-electron chi connectivity index (χ3n) is 20.0. The molecule has 0 bridgehead atoms. The highest BCUT2D eigenvalue weighted by Crippen LogP contribution is 2.41. The molecule has 2 atom stereocenters. The zero-order chi connectivity index (χ0) is 85.1. The Morgan fingerprint density at radius 3 is 1.49 bits per heavy atom. The number of aryl methyl sites for hydroxylation is 3. The van der Waals surface area contributed by atoms with Gasteiger partial charge in [-0.3, -0.25) is 43.3 Å². The lowest BCUT2D eigenvalue weighted by Gasteiger charge is -2.39. The molecule has 9 rings (SSSR count). The number of anilines is 5. The second-order valence-electron chi connectivity index (χ2n) is 29.2. The second kappa shape index (κ2) is 52.8. The Kier molecular flexibility index (Phi) is 41.6. The molecule has 6 aromatic rings. The molecular formula is C84H121ClN16O19. The second-order valence-corrected chi connectivity index (χ2v) is 29.7. The van der Waals surface area contributed by atoms with Crippen molar-refractivity contribution in [1.82, 2.24) is 55.1 Å². The third kappa shape index (κ3) is 33.6. The fourth-order valence-corrected chi connectivity index (χ4v) is 13.9. The average molecular weight is 1690 g/mol. The Bertz CT molecular complexity index is 4130. The normalized spacial score (nSPS) is 15.1. The number of ether oxygens (including phenoxy) is 11. The van der Waals surface area contributed by atoms with E-state index in [0.717, 1.165) is 86.2 Å². The number of carbonyl (C=O) groups is 8. The van der Waals surface area contributed by atoms with Crippen LogP contribution in [-0.2, 0) is 92.4 Å². The van der Waals surface area contributed by atoms with Crippen LogP contribution in [0.2, 0.25) is 5.02 Å². The topological polar surface area (TPSA) is 384 Å². The van der Waals surface area contributed by atoms with Crippen molar-refractivity contribution in [3.8, 4) is 11.1 Å². The maximum atomic E-state index is 13.3. The lowest BCUT2D eigenvalue weighted by atomic mass is 9.88. The number of imidazole rings is 1. The number of hydrogen-bond donors (Lipinski definition) is 9. The van der Waals surface area contributed by atoms with Crippen LogP contribution in [0.15, 0.2) is 97.5 Å². The average Bonchev–Trinajstić information content (AvgIpc) is 0.997. The van der Waals surface area contributed by atoms with Crippen LogP contribution in [-0.4, -0.2) is 306 Å². The highest BCUT2D eigenvalue weighted by molar-refractivity contribution is 6.30. The first-order valence-electron chi connectivity index (χ1n) is 41.3. The molecule has 0 aliphatic carbocycles. The van der Waals surface area contributed by atoms with E-state index in [1.54, 1.807) is 63.2 Å². The number of nitrogens with one attached hydrogen (secondary N) is 9. The van der Waals surface area contributed by atoms with E-state index in [1.807, 2.05) is 53.4 Å². The summed E-state index contributed by atoms with van der Waals surface area (Å²) in [4.78, 5) is 114. The van der Waals surface area contributed by atoms with Crippen LogP contribution in [0.25, 0.3) is 11.1 Å². The summed E-state index contributed by atoms with van der Waals surface area (Å²) in [6, 6.07) is 24.2. The van der Waals surface area contributed by atoms with Crippen molar-refractivity contribution in [2.75, 3.05) is 250 Å². The molecule has 0 radical (unpaired) electrons. The van der Waals surface area contributed by atoms with Crippen LogP contribution in [0.3, 0.4) is 0 Å². The van der Waals surface area contributed by atoms with E-state index in [2.05, 4.69) is 75.6 Å². The van der Waals surface area contributed by atoms with E-state index < -0.39 is 23.6 Å². The molecule has 8 amide bonds. The molecule has 0 saturated carbocycles. The van der Waals surface area contributed by atoms with E-state index in [9.17, 15) is 38.4 Å². The van der Waals surface area contributed by atoms with Gasteiger partial charge in [-0.2, -0.15) is 0 Å². The van der Waals surface area contributed by atoms with Crippen LogP contribution >= 0.6 is 11.6 Å². The molecule has 3 aromatic heterocycles. The number of amides is 8. The maximum Gasteiger partial charge on any atom is 0.291 e. The summed E-state index contributed by atoms with van der Waals surface area (Å²) >= 11 is 6.14. The summed E-state index contributed by atoms with van der Waals surface area (Å²) in [6.45, 7) is 21.0. The van der Waals surface area contributed by atoms with Crippen LogP contribution in [0.5, 0.6) is 0 Å². The number of halogens is 1. The molecule has 658 valence electrons.